The number of hydrogen-bond donors (Lipinski definition) is 4. The van der Waals surface area contributed by atoms with Crippen molar-refractivity contribution in [1.82, 2.24) is 0 Å². The van der Waals surface area contributed by atoms with Crippen LogP contribution >= 0.6 is 0 Å². The first-order valence-electron chi connectivity index (χ1n) is 17.6. The lowest BCUT2D eigenvalue weighted by Gasteiger charge is -2.39. The second-order valence-electron chi connectivity index (χ2n) is 12.3. The largest absolute Gasteiger partial charge is 0.457 e. The molecule has 0 saturated carbocycles. The predicted molar refractivity (Wildman–Crippen MR) is 169 cm³/mol. The summed E-state index contributed by atoms with van der Waals surface area (Å²) in [5.41, 5.74) is 0. The van der Waals surface area contributed by atoms with Gasteiger partial charge in [0.15, 0.2) is 6.29 Å². The molecule has 0 spiro atoms. The van der Waals surface area contributed by atoms with Gasteiger partial charge >= 0.3 is 5.97 Å². The summed E-state index contributed by atoms with van der Waals surface area (Å²) in [6.45, 7) is 4.44. The number of carbonyl (C=O) groups is 1. The van der Waals surface area contributed by atoms with Crippen molar-refractivity contribution >= 4 is 5.97 Å². The van der Waals surface area contributed by atoms with Crippen LogP contribution in [0.1, 0.15) is 149 Å². The number of rotatable bonds is 29. The Bertz CT molecular complexity index is 633. The van der Waals surface area contributed by atoms with Crippen LogP contribution in [0.5, 0.6) is 0 Å². The van der Waals surface area contributed by atoms with Gasteiger partial charge in [0.2, 0.25) is 0 Å². The zero-order valence-corrected chi connectivity index (χ0v) is 27.5. The third kappa shape index (κ3) is 20.0. The molecule has 1 fully saturated rings. The van der Waals surface area contributed by atoms with Crippen LogP contribution in [0.15, 0.2) is 0 Å². The standard InChI is InChI=1S/C34H66O9/c1-3-5-7-9-10-11-12-13-14-15-16-17-18-19-20-22-24-40-26-28(42-30(36)23-21-8-6-4-2)27-41-34-33(39)32(38)31(37)29(25-35)43-34/h28-29,31-35,37-39H,3-27H2,1-2H3. The SMILES string of the molecule is CCCCCCCCCCCCCCCCCCOCC(COC1OC(CO)C(O)C(O)C1O)OC(=O)CCCCCC. The molecule has 9 heteroatoms. The molecule has 9 nitrogen and oxygen atoms in total. The first-order valence-corrected chi connectivity index (χ1v) is 17.6. The molecule has 0 radical (unpaired) electrons. The van der Waals surface area contributed by atoms with Crippen molar-refractivity contribution in [2.45, 2.75) is 185 Å². The number of ether oxygens (including phenoxy) is 4. The van der Waals surface area contributed by atoms with Gasteiger partial charge < -0.3 is 39.4 Å². The molecule has 0 aliphatic carbocycles. The maximum absolute atomic E-state index is 12.4. The van der Waals surface area contributed by atoms with E-state index in [-0.39, 0.29) is 19.2 Å². The second kappa shape index (κ2) is 27.5. The van der Waals surface area contributed by atoms with Crippen molar-refractivity contribution < 1.29 is 44.2 Å². The van der Waals surface area contributed by atoms with Crippen LogP contribution in [0, 0.1) is 0 Å². The van der Waals surface area contributed by atoms with Crippen LogP contribution in [0.25, 0.3) is 0 Å². The van der Waals surface area contributed by atoms with Gasteiger partial charge in [0.05, 0.1) is 19.8 Å². The van der Waals surface area contributed by atoms with E-state index in [9.17, 15) is 25.2 Å². The zero-order valence-electron chi connectivity index (χ0n) is 27.5. The van der Waals surface area contributed by atoms with E-state index in [0.29, 0.717) is 13.0 Å². The summed E-state index contributed by atoms with van der Waals surface area (Å²) in [4.78, 5) is 12.4. The highest BCUT2D eigenvalue weighted by molar-refractivity contribution is 5.69. The van der Waals surface area contributed by atoms with E-state index in [1.807, 2.05) is 0 Å². The van der Waals surface area contributed by atoms with Crippen LogP contribution in [-0.4, -0.2) is 89.6 Å². The minimum absolute atomic E-state index is 0.109. The van der Waals surface area contributed by atoms with Gasteiger partial charge in [0.25, 0.3) is 0 Å². The van der Waals surface area contributed by atoms with Crippen molar-refractivity contribution in [2.75, 3.05) is 26.4 Å². The van der Waals surface area contributed by atoms with Crippen LogP contribution in [0.2, 0.25) is 0 Å². The van der Waals surface area contributed by atoms with Crippen molar-refractivity contribution in [2.24, 2.45) is 0 Å². The van der Waals surface area contributed by atoms with Crippen molar-refractivity contribution in [3.8, 4) is 0 Å². The Morgan fingerprint density at radius 2 is 1.14 bits per heavy atom. The molecule has 0 aromatic carbocycles. The Hall–Kier alpha value is -0.810. The highest BCUT2D eigenvalue weighted by Gasteiger charge is 2.44. The van der Waals surface area contributed by atoms with E-state index in [2.05, 4.69) is 13.8 Å². The van der Waals surface area contributed by atoms with Crippen molar-refractivity contribution in [3.63, 3.8) is 0 Å². The van der Waals surface area contributed by atoms with Gasteiger partial charge in [-0.25, -0.2) is 0 Å². The highest BCUT2D eigenvalue weighted by atomic mass is 16.7. The second-order valence-corrected chi connectivity index (χ2v) is 12.3. The summed E-state index contributed by atoms with van der Waals surface area (Å²) < 4.78 is 22.5. The zero-order chi connectivity index (χ0) is 31.5. The Kier molecular flexibility index (Phi) is 25.7. The molecule has 0 bridgehead atoms. The predicted octanol–water partition coefficient (Wildman–Crippen LogP) is 5.96. The van der Waals surface area contributed by atoms with E-state index < -0.39 is 43.4 Å². The fourth-order valence-corrected chi connectivity index (χ4v) is 5.43. The lowest BCUT2D eigenvalue weighted by molar-refractivity contribution is -0.305. The van der Waals surface area contributed by atoms with Gasteiger partial charge in [-0.05, 0) is 12.8 Å². The van der Waals surface area contributed by atoms with Crippen molar-refractivity contribution in [1.29, 1.82) is 0 Å². The topological polar surface area (TPSA) is 135 Å². The molecule has 0 amide bonds. The molecule has 256 valence electrons. The monoisotopic (exact) mass is 618 g/mol. The van der Waals surface area contributed by atoms with Gasteiger partial charge in [-0.1, -0.05) is 129 Å². The molecule has 1 rings (SSSR count). The van der Waals surface area contributed by atoms with Gasteiger partial charge in [-0.2, -0.15) is 0 Å². The van der Waals surface area contributed by atoms with E-state index in [1.54, 1.807) is 0 Å². The lowest BCUT2D eigenvalue weighted by Crippen LogP contribution is -2.59. The Morgan fingerprint density at radius 3 is 1.65 bits per heavy atom. The first-order chi connectivity index (χ1) is 20.9. The highest BCUT2D eigenvalue weighted by Crippen LogP contribution is 2.22. The van der Waals surface area contributed by atoms with E-state index in [0.717, 1.165) is 38.5 Å². The summed E-state index contributed by atoms with van der Waals surface area (Å²) in [7, 11) is 0. The fraction of sp³-hybridized carbons (Fsp3) is 0.971. The number of carbonyl (C=O) groups excluding carboxylic acids is 1. The molecular weight excluding hydrogens is 552 g/mol. The third-order valence-corrected chi connectivity index (χ3v) is 8.27. The van der Waals surface area contributed by atoms with Gasteiger partial charge in [-0.15, -0.1) is 0 Å². The quantitative estimate of drug-likeness (QED) is 0.0591. The molecule has 0 aromatic heterocycles. The Balaban J connectivity index is 2.21. The maximum atomic E-state index is 12.4. The van der Waals surface area contributed by atoms with Gasteiger partial charge in [0.1, 0.15) is 30.5 Å². The molecule has 0 aromatic rings. The smallest absolute Gasteiger partial charge is 0.306 e. The number of aliphatic hydroxyl groups is 4. The molecule has 1 aliphatic heterocycles. The molecule has 1 saturated heterocycles. The van der Waals surface area contributed by atoms with E-state index >= 15 is 0 Å². The summed E-state index contributed by atoms with van der Waals surface area (Å²) >= 11 is 0. The third-order valence-electron chi connectivity index (χ3n) is 8.27. The van der Waals surface area contributed by atoms with E-state index in [1.165, 1.54) is 89.9 Å². The van der Waals surface area contributed by atoms with Crippen LogP contribution in [0.4, 0.5) is 0 Å². The molecule has 1 heterocycles. The minimum atomic E-state index is -1.53. The average molecular weight is 619 g/mol. The number of esters is 1. The summed E-state index contributed by atoms with van der Waals surface area (Å²) in [5.74, 6) is -0.329. The summed E-state index contributed by atoms with van der Waals surface area (Å²) in [6, 6.07) is 0. The van der Waals surface area contributed by atoms with Crippen LogP contribution < -0.4 is 0 Å². The van der Waals surface area contributed by atoms with Gasteiger partial charge in [-0.3, -0.25) is 4.79 Å². The molecule has 6 atom stereocenters. The first kappa shape index (κ1) is 40.2. The van der Waals surface area contributed by atoms with Crippen LogP contribution in [-0.2, 0) is 23.7 Å². The molecule has 1 aliphatic rings. The van der Waals surface area contributed by atoms with Crippen LogP contribution in [0.3, 0.4) is 0 Å². The fourth-order valence-electron chi connectivity index (χ4n) is 5.43. The molecule has 6 unspecified atom stereocenters. The molecule has 4 N–H and O–H groups in total. The molecular formula is C34H66O9. The molecule has 43 heavy (non-hydrogen) atoms. The summed E-state index contributed by atoms with van der Waals surface area (Å²) in [5, 5.41) is 39.6. The van der Waals surface area contributed by atoms with Gasteiger partial charge in [0, 0.05) is 13.0 Å². The minimum Gasteiger partial charge on any atom is -0.457 e. The van der Waals surface area contributed by atoms with E-state index in [4.69, 9.17) is 18.9 Å². The lowest BCUT2D eigenvalue weighted by atomic mass is 9.99. The average Bonchev–Trinajstić information content (AvgIpc) is 3.00. The Morgan fingerprint density at radius 1 is 0.651 bits per heavy atom. The number of hydrogen-bond acceptors (Lipinski definition) is 9. The number of aliphatic hydroxyl groups excluding tert-OH is 4. The normalized spacial score (nSPS) is 23.0. The summed E-state index contributed by atoms with van der Waals surface area (Å²) in [6.07, 6.45) is 17.6. The number of unbranched alkanes of at least 4 members (excludes halogenated alkanes) is 18. The Labute approximate surface area is 262 Å². The van der Waals surface area contributed by atoms with Crippen molar-refractivity contribution in [3.05, 3.63) is 0 Å². The maximum Gasteiger partial charge on any atom is 0.306 e.